The largest absolute Gasteiger partial charge is 0.468 e. The molecule has 0 aliphatic rings. The van der Waals surface area contributed by atoms with Gasteiger partial charge in [0.15, 0.2) is 0 Å². The lowest BCUT2D eigenvalue weighted by atomic mass is 10.4. The molecule has 6 heteroatoms. The van der Waals surface area contributed by atoms with Crippen LogP contribution >= 0.6 is 0 Å². The Hall–Kier alpha value is -1.60. The van der Waals surface area contributed by atoms with E-state index in [-0.39, 0.29) is 0 Å². The molecular weight excluding hydrogens is 298 g/mol. The lowest BCUT2D eigenvalue weighted by molar-refractivity contribution is 0.0280. The fourth-order valence-electron chi connectivity index (χ4n) is 1.64. The first kappa shape index (κ1) is 19.4. The van der Waals surface area contributed by atoms with Crippen LogP contribution in [0.15, 0.2) is 45.6 Å². The van der Waals surface area contributed by atoms with Gasteiger partial charge in [-0.25, -0.2) is 0 Å². The summed E-state index contributed by atoms with van der Waals surface area (Å²) in [6, 6.07) is 7.64. The highest BCUT2D eigenvalue weighted by Crippen LogP contribution is 2.01. The maximum atomic E-state index is 5.16. The van der Waals surface area contributed by atoms with Crippen LogP contribution in [0.2, 0.25) is 0 Å². The summed E-state index contributed by atoms with van der Waals surface area (Å²) in [4.78, 5) is 0. The summed E-state index contributed by atoms with van der Waals surface area (Å²) in [6.07, 6.45) is 3.34. The standard InChI is InChI=1S/C10H11NO2.C7H16O3/c1-3-9(12-5-1)7-11-8-10-4-2-6-13-10;1-3-9-6-7-10-5-4-8-2/h1-6,11H,7-8H2;3-7H2,1-2H3. The number of furan rings is 2. The van der Waals surface area contributed by atoms with Crippen molar-refractivity contribution in [1.29, 1.82) is 0 Å². The summed E-state index contributed by atoms with van der Waals surface area (Å²) in [7, 11) is 1.66. The van der Waals surface area contributed by atoms with Gasteiger partial charge >= 0.3 is 0 Å². The number of hydrogen-bond acceptors (Lipinski definition) is 6. The third-order valence-corrected chi connectivity index (χ3v) is 2.77. The average Bonchev–Trinajstić information content (AvgIpc) is 3.25. The van der Waals surface area contributed by atoms with Crippen LogP contribution in [0.4, 0.5) is 0 Å². The first-order chi connectivity index (χ1) is 11.4. The highest BCUT2D eigenvalue weighted by atomic mass is 16.5. The zero-order chi connectivity index (χ0) is 16.6. The minimum atomic E-state index is 0.656. The van der Waals surface area contributed by atoms with Gasteiger partial charge in [-0.1, -0.05) is 0 Å². The Morgan fingerprint density at radius 2 is 1.43 bits per heavy atom. The Balaban J connectivity index is 0.000000241. The molecule has 2 rings (SSSR count). The van der Waals surface area contributed by atoms with E-state index in [1.165, 1.54) is 0 Å². The van der Waals surface area contributed by atoms with Gasteiger partial charge in [-0.15, -0.1) is 0 Å². The normalized spacial score (nSPS) is 10.3. The number of hydrogen-bond donors (Lipinski definition) is 1. The van der Waals surface area contributed by atoms with E-state index in [1.54, 1.807) is 19.6 Å². The van der Waals surface area contributed by atoms with Gasteiger partial charge in [0.05, 0.1) is 52.0 Å². The fraction of sp³-hybridized carbons (Fsp3) is 0.529. The van der Waals surface area contributed by atoms with Gasteiger partial charge in [0.1, 0.15) is 11.5 Å². The quantitative estimate of drug-likeness (QED) is 0.641. The molecule has 0 saturated heterocycles. The molecule has 6 nitrogen and oxygen atoms in total. The van der Waals surface area contributed by atoms with Crippen molar-refractivity contribution in [3.63, 3.8) is 0 Å². The first-order valence-corrected chi connectivity index (χ1v) is 7.76. The molecule has 0 atom stereocenters. The second kappa shape index (κ2) is 14.0. The first-order valence-electron chi connectivity index (χ1n) is 7.76. The molecule has 0 spiro atoms. The Kier molecular flexibility index (Phi) is 11.9. The summed E-state index contributed by atoms with van der Waals surface area (Å²) in [5.74, 6) is 1.87. The number of ether oxygens (including phenoxy) is 3. The number of methoxy groups -OCH3 is 1. The summed E-state index contributed by atoms with van der Waals surface area (Å²) < 4.78 is 25.3. The third-order valence-electron chi connectivity index (χ3n) is 2.77. The molecule has 1 N–H and O–H groups in total. The molecule has 0 aromatic carbocycles. The van der Waals surface area contributed by atoms with E-state index in [0.717, 1.165) is 31.2 Å². The highest BCUT2D eigenvalue weighted by Gasteiger charge is 1.96. The lowest BCUT2D eigenvalue weighted by Crippen LogP contribution is -2.11. The van der Waals surface area contributed by atoms with Crippen molar-refractivity contribution in [1.82, 2.24) is 5.32 Å². The smallest absolute Gasteiger partial charge is 0.117 e. The summed E-state index contributed by atoms with van der Waals surface area (Å²) in [5.41, 5.74) is 0. The topological polar surface area (TPSA) is 66.0 Å². The van der Waals surface area contributed by atoms with Crippen LogP contribution in [0.3, 0.4) is 0 Å². The monoisotopic (exact) mass is 325 g/mol. The van der Waals surface area contributed by atoms with Crippen molar-refractivity contribution >= 4 is 0 Å². The van der Waals surface area contributed by atoms with Crippen molar-refractivity contribution in [2.45, 2.75) is 20.0 Å². The van der Waals surface area contributed by atoms with Crippen LogP contribution in [0.1, 0.15) is 18.4 Å². The predicted molar refractivity (Wildman–Crippen MR) is 87.1 cm³/mol. The summed E-state index contributed by atoms with van der Waals surface area (Å²) in [5, 5.41) is 3.20. The number of nitrogens with one attached hydrogen (secondary N) is 1. The van der Waals surface area contributed by atoms with Crippen molar-refractivity contribution in [2.24, 2.45) is 0 Å². The van der Waals surface area contributed by atoms with Crippen LogP contribution in [0.5, 0.6) is 0 Å². The molecule has 0 aliphatic carbocycles. The van der Waals surface area contributed by atoms with Crippen molar-refractivity contribution in [3.8, 4) is 0 Å². The molecule has 23 heavy (non-hydrogen) atoms. The van der Waals surface area contributed by atoms with E-state index in [0.29, 0.717) is 26.4 Å². The third kappa shape index (κ3) is 10.7. The van der Waals surface area contributed by atoms with Gasteiger partial charge in [-0.3, -0.25) is 0 Å². The summed E-state index contributed by atoms with van der Waals surface area (Å²) >= 11 is 0. The maximum Gasteiger partial charge on any atom is 0.117 e. The van der Waals surface area contributed by atoms with E-state index in [9.17, 15) is 0 Å². The predicted octanol–water partition coefficient (Wildman–Crippen LogP) is 2.85. The van der Waals surface area contributed by atoms with E-state index in [1.807, 2.05) is 31.2 Å². The second-order valence-corrected chi connectivity index (χ2v) is 4.56. The van der Waals surface area contributed by atoms with E-state index >= 15 is 0 Å². The molecule has 0 unspecified atom stereocenters. The van der Waals surface area contributed by atoms with Crippen molar-refractivity contribution in [2.75, 3.05) is 40.1 Å². The maximum absolute atomic E-state index is 5.16. The van der Waals surface area contributed by atoms with Crippen LogP contribution in [0, 0.1) is 0 Å². The minimum absolute atomic E-state index is 0.656. The molecule has 0 radical (unpaired) electrons. The van der Waals surface area contributed by atoms with Crippen molar-refractivity contribution in [3.05, 3.63) is 48.3 Å². The molecular formula is C17H27NO5. The Bertz CT molecular complexity index is 399. The van der Waals surface area contributed by atoms with E-state index < -0.39 is 0 Å². The molecule has 0 bridgehead atoms. The summed E-state index contributed by atoms with van der Waals surface area (Å²) in [6.45, 7) is 6.84. The van der Waals surface area contributed by atoms with E-state index in [2.05, 4.69) is 5.32 Å². The minimum Gasteiger partial charge on any atom is -0.468 e. The molecule has 2 aromatic rings. The van der Waals surface area contributed by atoms with Gasteiger partial charge in [-0.05, 0) is 31.2 Å². The van der Waals surface area contributed by atoms with Gasteiger partial charge < -0.3 is 28.4 Å². The van der Waals surface area contributed by atoms with Crippen LogP contribution in [0.25, 0.3) is 0 Å². The molecule has 2 heterocycles. The molecule has 0 fully saturated rings. The second-order valence-electron chi connectivity index (χ2n) is 4.56. The zero-order valence-electron chi connectivity index (χ0n) is 14.0. The highest BCUT2D eigenvalue weighted by molar-refractivity contribution is 5.00. The molecule has 130 valence electrons. The molecule has 0 aliphatic heterocycles. The van der Waals surface area contributed by atoms with Gasteiger partial charge in [0.2, 0.25) is 0 Å². The molecule has 0 saturated carbocycles. The van der Waals surface area contributed by atoms with Gasteiger partial charge in [-0.2, -0.15) is 0 Å². The van der Waals surface area contributed by atoms with Crippen LogP contribution < -0.4 is 5.32 Å². The average molecular weight is 325 g/mol. The van der Waals surface area contributed by atoms with E-state index in [4.69, 9.17) is 23.0 Å². The number of rotatable bonds is 11. The van der Waals surface area contributed by atoms with Gasteiger partial charge in [0.25, 0.3) is 0 Å². The van der Waals surface area contributed by atoms with Crippen LogP contribution in [-0.4, -0.2) is 40.1 Å². The fourth-order valence-corrected chi connectivity index (χ4v) is 1.64. The molecule has 2 aromatic heterocycles. The van der Waals surface area contributed by atoms with Crippen LogP contribution in [-0.2, 0) is 27.3 Å². The Morgan fingerprint density at radius 3 is 1.91 bits per heavy atom. The molecule has 0 amide bonds. The lowest BCUT2D eigenvalue weighted by Gasteiger charge is -2.02. The zero-order valence-corrected chi connectivity index (χ0v) is 14.0. The Morgan fingerprint density at radius 1 is 0.870 bits per heavy atom. The Labute approximate surface area is 137 Å². The van der Waals surface area contributed by atoms with Gasteiger partial charge in [0, 0.05) is 13.7 Å². The SMILES string of the molecule is CCOCCOCCOC.c1coc(CNCc2ccco2)c1. The van der Waals surface area contributed by atoms with Crippen molar-refractivity contribution < 1.29 is 23.0 Å².